The van der Waals surface area contributed by atoms with Gasteiger partial charge in [0, 0.05) is 24.0 Å². The Hall–Kier alpha value is -4.04. The maximum atomic E-state index is 5.25. The molecule has 2 heteroatoms. The zero-order chi connectivity index (χ0) is 21.6. The summed E-state index contributed by atoms with van der Waals surface area (Å²) in [5.41, 5.74) is 8.57. The predicted octanol–water partition coefficient (Wildman–Crippen LogP) is 6.99. The van der Waals surface area contributed by atoms with Crippen LogP contribution in [0.2, 0.25) is 0 Å². The average Bonchev–Trinajstić information content (AvgIpc) is 2.87. The molecule has 5 rings (SSSR count). The molecule has 4 aromatic carbocycles. The van der Waals surface area contributed by atoms with Crippen molar-refractivity contribution in [2.75, 3.05) is 0 Å². The van der Waals surface area contributed by atoms with Crippen LogP contribution >= 0.6 is 0 Å². The largest absolute Gasteiger partial charge is 0.248 e. The molecule has 1 aromatic heterocycles. The Bertz CT molecular complexity index is 1180. The van der Waals surface area contributed by atoms with Crippen LogP contribution in [-0.4, -0.2) is 9.97 Å². The van der Waals surface area contributed by atoms with Crippen molar-refractivity contribution < 1.29 is 0 Å². The summed E-state index contributed by atoms with van der Waals surface area (Å²) < 4.78 is 0. The van der Waals surface area contributed by atoms with Crippen LogP contribution in [0.25, 0.3) is 22.5 Å². The minimum absolute atomic E-state index is 0.740. The van der Waals surface area contributed by atoms with E-state index in [9.17, 15) is 0 Å². The lowest BCUT2D eigenvalue weighted by atomic mass is 9.99. The SMILES string of the molecule is c1ccc(Cc2nc(-c3ccccc3)c(Cc3ccccc3)nc2-c2ccccc2)cc1. The van der Waals surface area contributed by atoms with Gasteiger partial charge in [0.1, 0.15) is 0 Å². The first-order valence-electron chi connectivity index (χ1n) is 11.0. The third-order valence-electron chi connectivity index (χ3n) is 5.56. The van der Waals surface area contributed by atoms with Crippen molar-refractivity contribution in [1.82, 2.24) is 9.97 Å². The van der Waals surface area contributed by atoms with E-state index in [0.717, 1.165) is 46.7 Å². The van der Waals surface area contributed by atoms with Crippen molar-refractivity contribution in [3.63, 3.8) is 0 Å². The second-order valence-corrected chi connectivity index (χ2v) is 7.87. The van der Waals surface area contributed by atoms with E-state index in [1.807, 2.05) is 24.3 Å². The van der Waals surface area contributed by atoms with Gasteiger partial charge in [-0.25, -0.2) is 9.97 Å². The molecule has 5 aromatic rings. The van der Waals surface area contributed by atoms with Crippen molar-refractivity contribution in [1.29, 1.82) is 0 Å². The summed E-state index contributed by atoms with van der Waals surface area (Å²) in [6.45, 7) is 0. The van der Waals surface area contributed by atoms with Gasteiger partial charge in [0.05, 0.1) is 22.8 Å². The molecule has 154 valence electrons. The maximum Gasteiger partial charge on any atom is 0.0924 e. The number of nitrogens with zero attached hydrogens (tertiary/aromatic N) is 2. The Morgan fingerprint density at radius 1 is 0.375 bits per heavy atom. The molecule has 32 heavy (non-hydrogen) atoms. The van der Waals surface area contributed by atoms with Gasteiger partial charge < -0.3 is 0 Å². The van der Waals surface area contributed by atoms with Crippen LogP contribution in [-0.2, 0) is 12.8 Å². The lowest BCUT2D eigenvalue weighted by Crippen LogP contribution is -2.07. The fourth-order valence-corrected chi connectivity index (χ4v) is 3.98. The van der Waals surface area contributed by atoms with Crippen LogP contribution in [0.1, 0.15) is 22.5 Å². The van der Waals surface area contributed by atoms with Gasteiger partial charge in [0.25, 0.3) is 0 Å². The molecule has 0 radical (unpaired) electrons. The van der Waals surface area contributed by atoms with Crippen LogP contribution in [0.5, 0.6) is 0 Å². The normalized spacial score (nSPS) is 10.8. The average molecular weight is 413 g/mol. The topological polar surface area (TPSA) is 25.8 Å². The minimum atomic E-state index is 0.740. The molecule has 0 atom stereocenters. The van der Waals surface area contributed by atoms with Gasteiger partial charge in [0.2, 0.25) is 0 Å². The molecule has 0 unspecified atom stereocenters. The Morgan fingerprint density at radius 3 is 1.03 bits per heavy atom. The van der Waals surface area contributed by atoms with Crippen molar-refractivity contribution in [2.45, 2.75) is 12.8 Å². The fourth-order valence-electron chi connectivity index (χ4n) is 3.98. The van der Waals surface area contributed by atoms with Gasteiger partial charge in [0.15, 0.2) is 0 Å². The highest BCUT2D eigenvalue weighted by Gasteiger charge is 2.17. The Balaban J connectivity index is 1.70. The van der Waals surface area contributed by atoms with E-state index >= 15 is 0 Å². The summed E-state index contributed by atoms with van der Waals surface area (Å²) in [6.07, 6.45) is 1.48. The predicted molar refractivity (Wildman–Crippen MR) is 131 cm³/mol. The standard InChI is InChI=1S/C30H24N2/c1-5-13-23(14-6-1)21-27-29(25-17-9-3-10-18-25)32-28(22-24-15-7-2-8-16-24)30(31-27)26-19-11-4-12-20-26/h1-20H,21-22H2. The quantitative estimate of drug-likeness (QED) is 0.300. The monoisotopic (exact) mass is 412 g/mol. The number of hydrogen-bond donors (Lipinski definition) is 0. The third-order valence-corrected chi connectivity index (χ3v) is 5.56. The molecular weight excluding hydrogens is 388 g/mol. The fraction of sp³-hybridized carbons (Fsp3) is 0.0667. The van der Waals surface area contributed by atoms with Crippen LogP contribution in [0.15, 0.2) is 121 Å². The lowest BCUT2D eigenvalue weighted by Gasteiger charge is -2.16. The van der Waals surface area contributed by atoms with Crippen LogP contribution in [0.4, 0.5) is 0 Å². The Labute approximate surface area is 189 Å². The van der Waals surface area contributed by atoms with Gasteiger partial charge >= 0.3 is 0 Å². The van der Waals surface area contributed by atoms with E-state index in [1.54, 1.807) is 0 Å². The van der Waals surface area contributed by atoms with E-state index < -0.39 is 0 Å². The van der Waals surface area contributed by atoms with Gasteiger partial charge in [-0.1, -0.05) is 121 Å². The molecule has 0 aliphatic rings. The van der Waals surface area contributed by atoms with Crippen molar-refractivity contribution in [3.8, 4) is 22.5 Å². The van der Waals surface area contributed by atoms with Crippen molar-refractivity contribution in [2.24, 2.45) is 0 Å². The van der Waals surface area contributed by atoms with Crippen LogP contribution in [0, 0.1) is 0 Å². The lowest BCUT2D eigenvalue weighted by molar-refractivity contribution is 0.980. The van der Waals surface area contributed by atoms with Gasteiger partial charge in [-0.05, 0) is 11.1 Å². The highest BCUT2D eigenvalue weighted by Crippen LogP contribution is 2.29. The molecule has 2 nitrogen and oxygen atoms in total. The van der Waals surface area contributed by atoms with E-state index in [4.69, 9.17) is 9.97 Å². The number of rotatable bonds is 6. The van der Waals surface area contributed by atoms with Gasteiger partial charge in [-0.2, -0.15) is 0 Å². The van der Waals surface area contributed by atoms with Crippen molar-refractivity contribution >= 4 is 0 Å². The van der Waals surface area contributed by atoms with Gasteiger partial charge in [-0.3, -0.25) is 0 Å². The second-order valence-electron chi connectivity index (χ2n) is 7.87. The zero-order valence-electron chi connectivity index (χ0n) is 17.9. The molecular formula is C30H24N2. The summed E-state index contributed by atoms with van der Waals surface area (Å²) in [4.78, 5) is 10.5. The molecule has 0 amide bonds. The molecule has 0 aliphatic carbocycles. The first kappa shape index (κ1) is 19.9. The first-order valence-corrected chi connectivity index (χ1v) is 11.0. The van der Waals surface area contributed by atoms with Crippen LogP contribution in [0.3, 0.4) is 0 Å². The van der Waals surface area contributed by atoms with E-state index in [1.165, 1.54) is 11.1 Å². The third kappa shape index (κ3) is 4.50. The zero-order valence-corrected chi connectivity index (χ0v) is 17.9. The summed E-state index contributed by atoms with van der Waals surface area (Å²) >= 11 is 0. The molecule has 1 heterocycles. The van der Waals surface area contributed by atoms with Crippen LogP contribution < -0.4 is 0 Å². The first-order chi connectivity index (χ1) is 15.9. The number of aromatic nitrogens is 2. The summed E-state index contributed by atoms with van der Waals surface area (Å²) in [6, 6.07) is 41.8. The Morgan fingerprint density at radius 2 is 0.688 bits per heavy atom. The van der Waals surface area contributed by atoms with E-state index in [-0.39, 0.29) is 0 Å². The summed E-state index contributed by atoms with van der Waals surface area (Å²) in [5, 5.41) is 0. The molecule has 0 saturated heterocycles. The van der Waals surface area contributed by atoms with E-state index in [0.29, 0.717) is 0 Å². The van der Waals surface area contributed by atoms with Crippen molar-refractivity contribution in [3.05, 3.63) is 144 Å². The number of benzene rings is 4. The molecule has 0 spiro atoms. The molecule has 0 bridgehead atoms. The smallest absolute Gasteiger partial charge is 0.0924 e. The molecule has 0 aliphatic heterocycles. The Kier molecular flexibility index (Phi) is 5.85. The summed E-state index contributed by atoms with van der Waals surface area (Å²) in [7, 11) is 0. The molecule has 0 N–H and O–H groups in total. The minimum Gasteiger partial charge on any atom is -0.248 e. The maximum absolute atomic E-state index is 5.25. The highest BCUT2D eigenvalue weighted by atomic mass is 14.9. The highest BCUT2D eigenvalue weighted by molar-refractivity contribution is 5.68. The van der Waals surface area contributed by atoms with E-state index in [2.05, 4.69) is 97.1 Å². The second kappa shape index (κ2) is 9.40. The summed E-state index contributed by atoms with van der Waals surface area (Å²) in [5.74, 6) is 0. The molecule has 0 fully saturated rings. The number of hydrogen-bond acceptors (Lipinski definition) is 2. The van der Waals surface area contributed by atoms with Gasteiger partial charge in [-0.15, -0.1) is 0 Å². The molecule has 0 saturated carbocycles.